The molecule has 6 rings (SSSR count). The third-order valence-electron chi connectivity index (χ3n) is 7.92. The number of anilines is 2. The predicted molar refractivity (Wildman–Crippen MR) is 149 cm³/mol. The van der Waals surface area contributed by atoms with Crippen molar-refractivity contribution in [2.75, 3.05) is 36.5 Å². The summed E-state index contributed by atoms with van der Waals surface area (Å²) in [4.78, 5) is 16.2. The van der Waals surface area contributed by atoms with Crippen molar-refractivity contribution >= 4 is 22.9 Å². The van der Waals surface area contributed by atoms with E-state index in [2.05, 4.69) is 34.6 Å². The Morgan fingerprint density at radius 1 is 0.925 bits per heavy atom. The van der Waals surface area contributed by atoms with E-state index in [0.717, 1.165) is 24.0 Å². The molecule has 11 heteroatoms. The van der Waals surface area contributed by atoms with Gasteiger partial charge in [-0.15, -0.1) is 0 Å². The maximum absolute atomic E-state index is 10.7. The van der Waals surface area contributed by atoms with Crippen molar-refractivity contribution in [2.24, 2.45) is 0 Å². The predicted octanol–water partition coefficient (Wildman–Crippen LogP) is 1.64. The van der Waals surface area contributed by atoms with Crippen LogP contribution in [0.1, 0.15) is 36.1 Å². The summed E-state index contributed by atoms with van der Waals surface area (Å²) in [5.41, 5.74) is 3.22. The number of rotatable bonds is 9. The Hall–Kier alpha value is -3.61. The summed E-state index contributed by atoms with van der Waals surface area (Å²) >= 11 is 0. The largest absolute Gasteiger partial charge is 0.394 e. The lowest BCUT2D eigenvalue weighted by molar-refractivity contribution is -0.0511. The van der Waals surface area contributed by atoms with Crippen molar-refractivity contribution < 1.29 is 25.2 Å². The number of hydrogen-bond acceptors (Lipinski definition) is 10. The van der Waals surface area contributed by atoms with Gasteiger partial charge in [0.15, 0.2) is 23.2 Å². The molecule has 2 aliphatic rings. The van der Waals surface area contributed by atoms with Crippen LogP contribution in [0.3, 0.4) is 0 Å². The maximum Gasteiger partial charge on any atom is 0.229 e. The topological polar surface area (TPSA) is 149 Å². The Kier molecular flexibility index (Phi) is 7.63. The second-order valence-electron chi connectivity index (χ2n) is 10.4. The Bertz CT molecular complexity index is 1380. The number of aromatic nitrogens is 4. The first-order valence-electron chi connectivity index (χ1n) is 13.7. The number of nitrogens with one attached hydrogen (secondary N) is 1. The highest BCUT2D eigenvalue weighted by Crippen LogP contribution is 2.34. The summed E-state index contributed by atoms with van der Waals surface area (Å²) < 4.78 is 7.36. The van der Waals surface area contributed by atoms with Gasteiger partial charge in [-0.1, -0.05) is 60.7 Å². The first kappa shape index (κ1) is 26.6. The van der Waals surface area contributed by atoms with Gasteiger partial charge in [-0.2, -0.15) is 9.97 Å². The minimum Gasteiger partial charge on any atom is -0.394 e. The molecule has 2 aromatic carbocycles. The van der Waals surface area contributed by atoms with Crippen LogP contribution in [0.4, 0.5) is 11.8 Å². The number of fused-ring (bicyclic) bond motifs is 1. The van der Waals surface area contributed by atoms with Gasteiger partial charge in [0.25, 0.3) is 0 Å². The van der Waals surface area contributed by atoms with E-state index in [1.807, 2.05) is 41.3 Å². The summed E-state index contributed by atoms with van der Waals surface area (Å²) in [6.45, 7) is 0.793. The minimum atomic E-state index is -1.28. The number of ether oxygens (including phenoxy) is 1. The standard InChI is InChI=1S/C29H34N6O5/c36-15-20-12-7-13-34(20)29-32-26(30-14-21(18-8-3-1-4-9-18)19-10-5-2-6-11-19)23-27(33-29)35(17-31-23)28-25(39)24(38)22(16-37)40-28/h1-6,8-11,17,20-22,24-25,28,36-39H,7,12-16H2,(H,30,32,33)/t20?,22-,24-,25-,28-/m1/s1. The first-order valence-corrected chi connectivity index (χ1v) is 13.7. The lowest BCUT2D eigenvalue weighted by Gasteiger charge is -2.25. The van der Waals surface area contributed by atoms with Gasteiger partial charge in [0.2, 0.25) is 5.95 Å². The van der Waals surface area contributed by atoms with Gasteiger partial charge in [-0.3, -0.25) is 4.57 Å². The molecular formula is C29H34N6O5. The highest BCUT2D eigenvalue weighted by atomic mass is 16.6. The molecule has 0 bridgehead atoms. The molecule has 2 fully saturated rings. The fourth-order valence-electron chi connectivity index (χ4n) is 5.74. The van der Waals surface area contributed by atoms with Crippen molar-refractivity contribution in [3.63, 3.8) is 0 Å². The fraction of sp³-hybridized carbons (Fsp3) is 0.414. The van der Waals surface area contributed by atoms with Gasteiger partial charge < -0.3 is 35.4 Å². The lowest BCUT2D eigenvalue weighted by atomic mass is 9.91. The second kappa shape index (κ2) is 11.5. The van der Waals surface area contributed by atoms with E-state index in [-0.39, 0.29) is 18.6 Å². The average molecular weight is 547 g/mol. The maximum atomic E-state index is 10.7. The van der Waals surface area contributed by atoms with Crippen molar-refractivity contribution in [2.45, 2.75) is 49.3 Å². The molecule has 2 aromatic heterocycles. The number of imidazole rings is 1. The molecule has 11 nitrogen and oxygen atoms in total. The molecule has 210 valence electrons. The Morgan fingerprint density at radius 2 is 1.62 bits per heavy atom. The number of benzene rings is 2. The van der Waals surface area contributed by atoms with E-state index in [4.69, 9.17) is 14.7 Å². The monoisotopic (exact) mass is 546 g/mol. The highest BCUT2D eigenvalue weighted by molar-refractivity contribution is 5.84. The quantitative estimate of drug-likeness (QED) is 0.210. The smallest absolute Gasteiger partial charge is 0.229 e. The molecule has 0 saturated carbocycles. The van der Waals surface area contributed by atoms with Crippen LogP contribution in [-0.2, 0) is 4.74 Å². The normalized spacial score (nSPS) is 24.8. The molecule has 5 atom stereocenters. The third kappa shape index (κ3) is 4.91. The van der Waals surface area contributed by atoms with Gasteiger partial charge >= 0.3 is 0 Å². The van der Waals surface area contributed by atoms with E-state index in [0.29, 0.717) is 36.0 Å². The van der Waals surface area contributed by atoms with Crippen molar-refractivity contribution in [1.29, 1.82) is 0 Å². The molecule has 0 spiro atoms. The molecule has 0 amide bonds. The minimum absolute atomic E-state index is 0.0116. The van der Waals surface area contributed by atoms with Crippen molar-refractivity contribution in [3.05, 3.63) is 78.1 Å². The van der Waals surface area contributed by atoms with Crippen LogP contribution in [0.25, 0.3) is 11.2 Å². The summed E-state index contributed by atoms with van der Waals surface area (Å²) in [6, 6.07) is 20.4. The lowest BCUT2D eigenvalue weighted by Crippen LogP contribution is -2.34. The summed E-state index contributed by atoms with van der Waals surface area (Å²) in [7, 11) is 0. The van der Waals surface area contributed by atoms with Crippen LogP contribution in [0.5, 0.6) is 0 Å². The first-order chi connectivity index (χ1) is 19.6. The Morgan fingerprint density at radius 3 is 2.25 bits per heavy atom. The van der Waals surface area contributed by atoms with Crippen LogP contribution in [0.2, 0.25) is 0 Å². The molecule has 5 N–H and O–H groups in total. The van der Waals surface area contributed by atoms with Gasteiger partial charge in [0, 0.05) is 19.0 Å². The number of aliphatic hydroxyl groups excluding tert-OH is 4. The SMILES string of the molecule is OCC1CCCN1c1nc(NCC(c2ccccc2)c2ccccc2)c2ncn([C@@H]3O[C@H](CO)[C@@H](O)[C@H]3O)c2n1. The van der Waals surface area contributed by atoms with Crippen LogP contribution >= 0.6 is 0 Å². The summed E-state index contributed by atoms with van der Waals surface area (Å²) in [6.07, 6.45) is -1.18. The number of hydrogen-bond donors (Lipinski definition) is 5. The van der Waals surface area contributed by atoms with Crippen molar-refractivity contribution in [1.82, 2.24) is 19.5 Å². The zero-order valence-corrected chi connectivity index (χ0v) is 22.0. The van der Waals surface area contributed by atoms with Crippen LogP contribution in [-0.4, -0.2) is 90.6 Å². The van der Waals surface area contributed by atoms with E-state index in [1.165, 1.54) is 6.33 Å². The summed E-state index contributed by atoms with van der Waals surface area (Å²) in [5.74, 6) is 0.998. The van der Waals surface area contributed by atoms with Gasteiger partial charge in [0.1, 0.15) is 18.3 Å². The Labute approximate surface area is 231 Å². The van der Waals surface area contributed by atoms with Crippen LogP contribution < -0.4 is 10.2 Å². The highest BCUT2D eigenvalue weighted by Gasteiger charge is 2.44. The third-order valence-corrected chi connectivity index (χ3v) is 7.92. The van der Waals surface area contributed by atoms with Gasteiger partial charge in [0.05, 0.1) is 25.6 Å². The Balaban J connectivity index is 1.40. The molecule has 4 heterocycles. The molecule has 1 unspecified atom stereocenters. The zero-order valence-electron chi connectivity index (χ0n) is 22.0. The summed E-state index contributed by atoms with van der Waals surface area (Å²) in [5, 5.41) is 44.2. The van der Waals surface area contributed by atoms with Crippen molar-refractivity contribution in [3.8, 4) is 0 Å². The number of nitrogens with zero attached hydrogens (tertiary/aromatic N) is 5. The molecule has 0 radical (unpaired) electrons. The van der Waals surface area contributed by atoms with E-state index >= 15 is 0 Å². The van der Waals surface area contributed by atoms with E-state index < -0.39 is 31.1 Å². The molecule has 0 aliphatic carbocycles. The number of aliphatic hydroxyl groups is 4. The van der Waals surface area contributed by atoms with E-state index in [1.54, 1.807) is 4.57 Å². The van der Waals surface area contributed by atoms with E-state index in [9.17, 15) is 20.4 Å². The zero-order chi connectivity index (χ0) is 27.6. The van der Waals surface area contributed by atoms with Gasteiger partial charge in [-0.05, 0) is 24.0 Å². The molecule has 2 saturated heterocycles. The van der Waals surface area contributed by atoms with Gasteiger partial charge in [-0.25, -0.2) is 4.98 Å². The average Bonchev–Trinajstić information content (AvgIpc) is 3.72. The second-order valence-corrected chi connectivity index (χ2v) is 10.4. The van der Waals surface area contributed by atoms with Crippen LogP contribution in [0.15, 0.2) is 67.0 Å². The fourth-order valence-corrected chi connectivity index (χ4v) is 5.74. The molecule has 40 heavy (non-hydrogen) atoms. The molecule has 2 aliphatic heterocycles. The molecule has 4 aromatic rings. The molecular weight excluding hydrogens is 512 g/mol. The van der Waals surface area contributed by atoms with Crippen LogP contribution in [0, 0.1) is 0 Å².